The third-order valence-electron chi connectivity index (χ3n) is 3.65. The summed E-state index contributed by atoms with van der Waals surface area (Å²) in [5, 5.41) is 3.58. The Hall–Kier alpha value is -0.930. The van der Waals surface area contributed by atoms with E-state index in [1.54, 1.807) is 12.1 Å². The van der Waals surface area contributed by atoms with Crippen molar-refractivity contribution in [1.82, 2.24) is 5.32 Å². The molecule has 19 heavy (non-hydrogen) atoms. The average Bonchev–Trinajstić information content (AvgIpc) is 2.75. The topological polar surface area (TPSA) is 29.1 Å². The van der Waals surface area contributed by atoms with E-state index >= 15 is 0 Å². The highest BCUT2D eigenvalue weighted by atomic mass is 35.5. The van der Waals surface area contributed by atoms with Gasteiger partial charge in [0, 0.05) is 35.4 Å². The number of hydrogen-bond donors (Lipinski definition) is 1. The summed E-state index contributed by atoms with van der Waals surface area (Å²) in [6.07, 6.45) is 0. The van der Waals surface area contributed by atoms with E-state index in [4.69, 9.17) is 11.6 Å². The molecular formula is C15H19ClFNO. The molecule has 1 aromatic rings. The zero-order valence-corrected chi connectivity index (χ0v) is 12.2. The van der Waals surface area contributed by atoms with Crippen molar-refractivity contribution in [3.8, 4) is 0 Å². The van der Waals surface area contributed by atoms with E-state index < -0.39 is 5.41 Å². The van der Waals surface area contributed by atoms with Crippen LogP contribution in [0.5, 0.6) is 0 Å². The average molecular weight is 284 g/mol. The van der Waals surface area contributed by atoms with Crippen LogP contribution in [0.2, 0.25) is 5.02 Å². The first-order chi connectivity index (χ1) is 8.80. The highest BCUT2D eigenvalue weighted by Crippen LogP contribution is 2.35. The molecule has 1 heterocycles. The Balaban J connectivity index is 2.31. The molecule has 0 amide bonds. The number of rotatable bonds is 2. The van der Waals surface area contributed by atoms with Crippen molar-refractivity contribution in [2.24, 2.45) is 11.3 Å². The second kappa shape index (κ2) is 5.22. The Bertz CT molecular complexity index is 495. The Morgan fingerprint density at radius 1 is 1.37 bits per heavy atom. The van der Waals surface area contributed by atoms with Gasteiger partial charge in [-0.25, -0.2) is 4.39 Å². The van der Waals surface area contributed by atoms with Gasteiger partial charge in [0.2, 0.25) is 0 Å². The SMILES string of the molecule is CC(C)(C)C(=O)[C@@H]1CNC[C@H]1c1ccc(Cl)cc1F. The molecule has 0 saturated carbocycles. The number of carbonyl (C=O) groups is 1. The molecule has 1 N–H and O–H groups in total. The van der Waals surface area contributed by atoms with Crippen LogP contribution in [0.15, 0.2) is 18.2 Å². The summed E-state index contributed by atoms with van der Waals surface area (Å²) < 4.78 is 14.0. The lowest BCUT2D eigenvalue weighted by Crippen LogP contribution is -2.32. The lowest BCUT2D eigenvalue weighted by molar-refractivity contribution is -0.130. The third-order valence-corrected chi connectivity index (χ3v) is 3.89. The van der Waals surface area contributed by atoms with Crippen molar-refractivity contribution in [2.45, 2.75) is 26.7 Å². The van der Waals surface area contributed by atoms with Crippen LogP contribution in [0.4, 0.5) is 4.39 Å². The fourth-order valence-electron chi connectivity index (χ4n) is 2.64. The van der Waals surface area contributed by atoms with Gasteiger partial charge >= 0.3 is 0 Å². The summed E-state index contributed by atoms with van der Waals surface area (Å²) in [7, 11) is 0. The van der Waals surface area contributed by atoms with Crippen molar-refractivity contribution in [3.63, 3.8) is 0 Å². The van der Waals surface area contributed by atoms with E-state index in [2.05, 4.69) is 5.32 Å². The van der Waals surface area contributed by atoms with Gasteiger partial charge in [0.25, 0.3) is 0 Å². The van der Waals surface area contributed by atoms with Gasteiger partial charge in [-0.15, -0.1) is 0 Å². The minimum atomic E-state index is -0.405. The zero-order chi connectivity index (χ0) is 14.2. The smallest absolute Gasteiger partial charge is 0.143 e. The summed E-state index contributed by atoms with van der Waals surface area (Å²) in [6, 6.07) is 4.68. The molecule has 2 rings (SSSR count). The molecule has 0 aromatic heterocycles. The number of halogens is 2. The quantitative estimate of drug-likeness (QED) is 0.901. The van der Waals surface area contributed by atoms with Crippen LogP contribution in [0.1, 0.15) is 32.3 Å². The fourth-order valence-corrected chi connectivity index (χ4v) is 2.80. The molecule has 1 aromatic carbocycles. The molecule has 0 aliphatic carbocycles. The Morgan fingerprint density at radius 2 is 2.05 bits per heavy atom. The molecule has 1 aliphatic heterocycles. The summed E-state index contributed by atoms with van der Waals surface area (Å²) in [5.74, 6) is -0.426. The number of benzene rings is 1. The molecule has 0 spiro atoms. The van der Waals surface area contributed by atoms with Crippen LogP contribution in [0.3, 0.4) is 0 Å². The first kappa shape index (κ1) is 14.5. The van der Waals surface area contributed by atoms with Gasteiger partial charge in [0.1, 0.15) is 11.6 Å². The Kier molecular flexibility index (Phi) is 3.98. The van der Waals surface area contributed by atoms with Gasteiger partial charge in [-0.1, -0.05) is 38.4 Å². The molecule has 2 atom stereocenters. The Labute approximate surface area is 118 Å². The molecule has 1 aliphatic rings. The van der Waals surface area contributed by atoms with E-state index in [0.29, 0.717) is 23.7 Å². The van der Waals surface area contributed by atoms with Crippen molar-refractivity contribution < 1.29 is 9.18 Å². The summed E-state index contributed by atoms with van der Waals surface area (Å²) >= 11 is 5.77. The van der Waals surface area contributed by atoms with Crippen molar-refractivity contribution >= 4 is 17.4 Å². The molecule has 0 radical (unpaired) electrons. The fraction of sp³-hybridized carbons (Fsp3) is 0.533. The van der Waals surface area contributed by atoms with Gasteiger partial charge in [-0.2, -0.15) is 0 Å². The number of ketones is 1. The normalized spacial score (nSPS) is 23.6. The highest BCUT2D eigenvalue weighted by molar-refractivity contribution is 6.30. The van der Waals surface area contributed by atoms with E-state index in [1.165, 1.54) is 6.07 Å². The van der Waals surface area contributed by atoms with Gasteiger partial charge in [0.15, 0.2) is 0 Å². The monoisotopic (exact) mass is 283 g/mol. The van der Waals surface area contributed by atoms with Crippen molar-refractivity contribution in [3.05, 3.63) is 34.6 Å². The standard InChI is InChI=1S/C15H19ClFNO/c1-15(2,3)14(19)12-8-18-7-11(12)10-5-4-9(16)6-13(10)17/h4-6,11-12,18H,7-8H2,1-3H3/t11-,12+/m0/s1. The molecule has 0 unspecified atom stereocenters. The molecule has 1 fully saturated rings. The van der Waals surface area contributed by atoms with Crippen LogP contribution in [-0.2, 0) is 4.79 Å². The van der Waals surface area contributed by atoms with Crippen molar-refractivity contribution in [1.29, 1.82) is 0 Å². The number of carbonyl (C=O) groups excluding carboxylic acids is 1. The summed E-state index contributed by atoms with van der Waals surface area (Å²) in [6.45, 7) is 6.96. The van der Waals surface area contributed by atoms with E-state index in [-0.39, 0.29) is 23.4 Å². The Morgan fingerprint density at radius 3 is 2.63 bits per heavy atom. The lowest BCUT2D eigenvalue weighted by Gasteiger charge is -2.25. The molecule has 1 saturated heterocycles. The van der Waals surface area contributed by atoms with E-state index in [1.807, 2.05) is 20.8 Å². The second-order valence-corrected chi connectivity index (χ2v) is 6.59. The molecular weight excluding hydrogens is 265 g/mol. The maximum atomic E-state index is 14.0. The van der Waals surface area contributed by atoms with Gasteiger partial charge in [-0.3, -0.25) is 4.79 Å². The van der Waals surface area contributed by atoms with Crippen LogP contribution in [-0.4, -0.2) is 18.9 Å². The molecule has 104 valence electrons. The zero-order valence-electron chi connectivity index (χ0n) is 11.5. The highest BCUT2D eigenvalue weighted by Gasteiger charge is 2.39. The van der Waals surface area contributed by atoms with Crippen molar-refractivity contribution in [2.75, 3.05) is 13.1 Å². The number of nitrogens with one attached hydrogen (secondary N) is 1. The van der Waals surface area contributed by atoms with Gasteiger partial charge in [0.05, 0.1) is 0 Å². The predicted octanol–water partition coefficient (Wildman–Crippen LogP) is 3.40. The van der Waals surface area contributed by atoms with Crippen LogP contribution >= 0.6 is 11.6 Å². The van der Waals surface area contributed by atoms with Gasteiger partial charge in [-0.05, 0) is 17.7 Å². The largest absolute Gasteiger partial charge is 0.315 e. The molecule has 4 heteroatoms. The number of Topliss-reactive ketones (excluding diaryl/α,β-unsaturated/α-hetero) is 1. The predicted molar refractivity (Wildman–Crippen MR) is 75.0 cm³/mol. The summed E-state index contributed by atoms with van der Waals surface area (Å²) in [4.78, 5) is 12.4. The van der Waals surface area contributed by atoms with Gasteiger partial charge < -0.3 is 5.32 Å². The van der Waals surface area contributed by atoms with Crippen LogP contribution in [0.25, 0.3) is 0 Å². The third kappa shape index (κ3) is 2.98. The summed E-state index contributed by atoms with van der Waals surface area (Å²) in [5.41, 5.74) is 0.176. The van der Waals surface area contributed by atoms with E-state index in [9.17, 15) is 9.18 Å². The maximum Gasteiger partial charge on any atom is 0.143 e. The van der Waals surface area contributed by atoms with Crippen LogP contribution < -0.4 is 5.32 Å². The van der Waals surface area contributed by atoms with E-state index in [0.717, 1.165) is 0 Å². The first-order valence-corrected chi connectivity index (χ1v) is 6.88. The first-order valence-electron chi connectivity index (χ1n) is 6.50. The molecule has 2 nitrogen and oxygen atoms in total. The number of hydrogen-bond acceptors (Lipinski definition) is 2. The maximum absolute atomic E-state index is 14.0. The minimum absolute atomic E-state index is 0.107. The minimum Gasteiger partial charge on any atom is -0.315 e. The molecule has 0 bridgehead atoms. The second-order valence-electron chi connectivity index (χ2n) is 6.15. The lowest BCUT2D eigenvalue weighted by atomic mass is 9.76. The van der Waals surface area contributed by atoms with Crippen LogP contribution in [0, 0.1) is 17.2 Å².